The molecule has 1 aliphatic heterocycles. The van der Waals surface area contributed by atoms with Crippen molar-refractivity contribution >= 4 is 32.6 Å². The summed E-state index contributed by atoms with van der Waals surface area (Å²) in [4.78, 5) is 21.5. The molecule has 1 fully saturated rings. The second-order valence-electron chi connectivity index (χ2n) is 8.11. The van der Waals surface area contributed by atoms with Crippen molar-refractivity contribution in [1.29, 1.82) is 0 Å². The van der Waals surface area contributed by atoms with Crippen molar-refractivity contribution in [2.24, 2.45) is 0 Å². The second kappa shape index (κ2) is 10.2. The first kappa shape index (κ1) is 22.3. The highest BCUT2D eigenvalue weighted by Crippen LogP contribution is 2.30. The van der Waals surface area contributed by atoms with Crippen LogP contribution in [0.25, 0.3) is 10.2 Å². The molecule has 0 bridgehead atoms. The lowest BCUT2D eigenvalue weighted by Gasteiger charge is -2.34. The van der Waals surface area contributed by atoms with Gasteiger partial charge in [-0.15, -0.1) is 0 Å². The number of nitrogens with zero attached hydrogens (tertiary/aromatic N) is 3. The van der Waals surface area contributed by atoms with E-state index in [1.165, 1.54) is 17.4 Å². The highest BCUT2D eigenvalue weighted by atomic mass is 32.1. The van der Waals surface area contributed by atoms with E-state index in [4.69, 9.17) is 4.74 Å². The second-order valence-corrected chi connectivity index (χ2v) is 9.12. The van der Waals surface area contributed by atoms with Gasteiger partial charge in [0.05, 0.1) is 4.70 Å². The lowest BCUT2D eigenvalue weighted by molar-refractivity contribution is 0.0948. The van der Waals surface area contributed by atoms with Gasteiger partial charge >= 0.3 is 0 Å². The van der Waals surface area contributed by atoms with Crippen LogP contribution in [0.2, 0.25) is 0 Å². The van der Waals surface area contributed by atoms with E-state index in [9.17, 15) is 9.18 Å². The summed E-state index contributed by atoms with van der Waals surface area (Å²) < 4.78 is 20.6. The Morgan fingerprint density at radius 1 is 0.941 bits per heavy atom. The fraction of sp³-hybridized carbons (Fsp3) is 0.231. The number of carbonyl (C=O) groups is 1. The third kappa shape index (κ3) is 5.18. The first-order valence-corrected chi connectivity index (χ1v) is 12.1. The molecule has 1 aliphatic rings. The van der Waals surface area contributed by atoms with E-state index in [1.807, 2.05) is 36.4 Å². The van der Waals surface area contributed by atoms with E-state index in [-0.39, 0.29) is 11.7 Å². The maximum Gasteiger partial charge on any atom is 0.251 e. The monoisotopic (exact) mass is 476 g/mol. The summed E-state index contributed by atoms with van der Waals surface area (Å²) in [6, 6.07) is 21.8. The molecular weight excluding hydrogens is 451 g/mol. The van der Waals surface area contributed by atoms with Crippen molar-refractivity contribution in [3.8, 4) is 11.5 Å². The van der Waals surface area contributed by atoms with E-state index in [0.717, 1.165) is 48.3 Å². The van der Waals surface area contributed by atoms with E-state index >= 15 is 0 Å². The predicted octanol–water partition coefficient (Wildman–Crippen LogP) is 4.78. The molecule has 8 heteroatoms. The standard InChI is InChI=1S/C26H25FN4O2S/c27-22-7-4-8-23-24(22)29-26(34-23)31-17-15-30(16-18-31)14-13-28-25(32)19-9-11-21(12-10-19)33-20-5-2-1-3-6-20/h1-12H,13-18H2,(H,28,32). The van der Waals surface area contributed by atoms with Gasteiger partial charge in [0.1, 0.15) is 22.8 Å². The normalized spacial score (nSPS) is 14.3. The molecule has 0 unspecified atom stereocenters. The summed E-state index contributed by atoms with van der Waals surface area (Å²) in [5.41, 5.74) is 1.06. The number of anilines is 1. The van der Waals surface area contributed by atoms with Gasteiger partial charge in [0.2, 0.25) is 0 Å². The number of para-hydroxylation sites is 2. The molecule has 2 heterocycles. The number of rotatable bonds is 7. The molecule has 0 atom stereocenters. The molecule has 1 saturated heterocycles. The van der Waals surface area contributed by atoms with Crippen molar-refractivity contribution in [1.82, 2.24) is 15.2 Å². The van der Waals surface area contributed by atoms with Crippen LogP contribution in [-0.2, 0) is 0 Å². The summed E-state index contributed by atoms with van der Waals surface area (Å²) in [5, 5.41) is 3.86. The highest BCUT2D eigenvalue weighted by Gasteiger charge is 2.20. The topological polar surface area (TPSA) is 57.7 Å². The van der Waals surface area contributed by atoms with Gasteiger partial charge in [0.15, 0.2) is 5.13 Å². The Morgan fingerprint density at radius 2 is 1.68 bits per heavy atom. The SMILES string of the molecule is O=C(NCCN1CCN(c2nc3c(F)cccc3s2)CC1)c1ccc(Oc2ccccc2)cc1. The van der Waals surface area contributed by atoms with Gasteiger partial charge in [-0.3, -0.25) is 9.69 Å². The van der Waals surface area contributed by atoms with Gasteiger partial charge in [-0.05, 0) is 48.5 Å². The van der Waals surface area contributed by atoms with Crippen LogP contribution in [-0.4, -0.2) is 55.1 Å². The lowest BCUT2D eigenvalue weighted by atomic mass is 10.2. The van der Waals surface area contributed by atoms with Crippen LogP contribution in [0.5, 0.6) is 11.5 Å². The van der Waals surface area contributed by atoms with Crippen LogP contribution >= 0.6 is 11.3 Å². The molecule has 6 nitrogen and oxygen atoms in total. The van der Waals surface area contributed by atoms with Crippen LogP contribution in [0.3, 0.4) is 0 Å². The van der Waals surface area contributed by atoms with E-state index in [0.29, 0.717) is 23.4 Å². The molecule has 0 saturated carbocycles. The number of thiazole rings is 1. The number of aromatic nitrogens is 1. The highest BCUT2D eigenvalue weighted by molar-refractivity contribution is 7.22. The lowest BCUT2D eigenvalue weighted by Crippen LogP contribution is -2.48. The Kier molecular flexibility index (Phi) is 6.69. The molecule has 0 radical (unpaired) electrons. The number of ether oxygens (including phenoxy) is 1. The number of fused-ring (bicyclic) bond motifs is 1. The molecule has 4 aromatic rings. The minimum Gasteiger partial charge on any atom is -0.457 e. The van der Waals surface area contributed by atoms with Crippen molar-refractivity contribution in [2.45, 2.75) is 0 Å². The molecule has 34 heavy (non-hydrogen) atoms. The zero-order chi connectivity index (χ0) is 23.3. The van der Waals surface area contributed by atoms with Crippen LogP contribution in [0.4, 0.5) is 9.52 Å². The van der Waals surface area contributed by atoms with Gasteiger partial charge in [-0.1, -0.05) is 35.6 Å². The first-order valence-electron chi connectivity index (χ1n) is 11.3. The summed E-state index contributed by atoms with van der Waals surface area (Å²) in [6.45, 7) is 4.77. The first-order chi connectivity index (χ1) is 16.7. The Bertz CT molecular complexity index is 1260. The number of halogens is 1. The van der Waals surface area contributed by atoms with Crippen molar-refractivity contribution in [3.05, 3.63) is 84.2 Å². The number of nitrogens with one attached hydrogen (secondary N) is 1. The Labute approximate surface area is 201 Å². The molecule has 0 aliphatic carbocycles. The van der Waals surface area contributed by atoms with Crippen molar-refractivity contribution in [3.63, 3.8) is 0 Å². The predicted molar refractivity (Wildman–Crippen MR) is 134 cm³/mol. The molecular formula is C26H25FN4O2S. The number of amides is 1. The molecule has 0 spiro atoms. The maximum atomic E-state index is 13.9. The summed E-state index contributed by atoms with van der Waals surface area (Å²) >= 11 is 1.53. The summed E-state index contributed by atoms with van der Waals surface area (Å²) in [6.07, 6.45) is 0. The van der Waals surface area contributed by atoms with E-state index < -0.39 is 0 Å². The van der Waals surface area contributed by atoms with Gasteiger partial charge in [-0.2, -0.15) is 0 Å². The third-order valence-electron chi connectivity index (χ3n) is 5.81. The van der Waals surface area contributed by atoms with Gasteiger partial charge in [-0.25, -0.2) is 9.37 Å². The molecule has 3 aromatic carbocycles. The number of piperazine rings is 1. The van der Waals surface area contributed by atoms with Crippen molar-refractivity contribution < 1.29 is 13.9 Å². The van der Waals surface area contributed by atoms with Gasteiger partial charge in [0, 0.05) is 44.8 Å². The fourth-order valence-electron chi connectivity index (χ4n) is 3.93. The third-order valence-corrected chi connectivity index (χ3v) is 6.89. The minimum absolute atomic E-state index is 0.0959. The van der Waals surface area contributed by atoms with Crippen LogP contribution in [0, 0.1) is 5.82 Å². The average molecular weight is 477 g/mol. The van der Waals surface area contributed by atoms with Gasteiger partial charge in [0.25, 0.3) is 5.91 Å². The van der Waals surface area contributed by atoms with E-state index in [2.05, 4.69) is 20.1 Å². The Balaban J connectivity index is 1.06. The van der Waals surface area contributed by atoms with Gasteiger partial charge < -0.3 is 15.0 Å². The molecule has 5 rings (SSSR count). The largest absolute Gasteiger partial charge is 0.457 e. The zero-order valence-electron chi connectivity index (χ0n) is 18.6. The summed E-state index contributed by atoms with van der Waals surface area (Å²) in [7, 11) is 0. The minimum atomic E-state index is -0.271. The number of carbonyl (C=O) groups excluding carboxylic acids is 1. The van der Waals surface area contributed by atoms with Crippen LogP contribution in [0.15, 0.2) is 72.8 Å². The van der Waals surface area contributed by atoms with Crippen LogP contribution < -0.4 is 15.0 Å². The maximum absolute atomic E-state index is 13.9. The number of benzene rings is 3. The number of hydrogen-bond acceptors (Lipinski definition) is 6. The summed E-state index contributed by atoms with van der Waals surface area (Å²) in [5.74, 6) is 1.08. The van der Waals surface area contributed by atoms with E-state index in [1.54, 1.807) is 30.3 Å². The van der Waals surface area contributed by atoms with Crippen molar-refractivity contribution in [2.75, 3.05) is 44.2 Å². The fourth-order valence-corrected chi connectivity index (χ4v) is 4.96. The molecule has 1 aromatic heterocycles. The molecule has 1 N–H and O–H groups in total. The quantitative estimate of drug-likeness (QED) is 0.416. The molecule has 1 amide bonds. The average Bonchev–Trinajstić information content (AvgIpc) is 3.31. The number of hydrogen-bond donors (Lipinski definition) is 1. The zero-order valence-corrected chi connectivity index (χ0v) is 19.4. The Hall–Kier alpha value is -3.49. The smallest absolute Gasteiger partial charge is 0.251 e. The molecule has 174 valence electrons. The Morgan fingerprint density at radius 3 is 2.41 bits per heavy atom. The van der Waals surface area contributed by atoms with Crippen LogP contribution in [0.1, 0.15) is 10.4 Å².